The van der Waals surface area contributed by atoms with Gasteiger partial charge >= 0.3 is 0 Å². The van der Waals surface area contributed by atoms with Gasteiger partial charge in [0.1, 0.15) is 5.75 Å². The van der Waals surface area contributed by atoms with E-state index in [9.17, 15) is 4.79 Å². The van der Waals surface area contributed by atoms with E-state index in [2.05, 4.69) is 5.32 Å². The molecule has 1 fully saturated rings. The Bertz CT molecular complexity index is 512. The highest BCUT2D eigenvalue weighted by atomic mass is 16.5. The van der Waals surface area contributed by atoms with Crippen molar-refractivity contribution in [3.05, 3.63) is 17.7 Å². The first kappa shape index (κ1) is 16.4. The molecule has 0 aromatic heterocycles. The molecule has 6 nitrogen and oxygen atoms in total. The maximum absolute atomic E-state index is 12.3. The van der Waals surface area contributed by atoms with Crippen LogP contribution in [0.4, 0.5) is 0 Å². The topological polar surface area (TPSA) is 66.0 Å². The minimum absolute atomic E-state index is 0.184. The fourth-order valence-electron chi connectivity index (χ4n) is 2.50. The van der Waals surface area contributed by atoms with Crippen molar-refractivity contribution in [3.8, 4) is 17.2 Å². The maximum Gasteiger partial charge on any atom is 0.255 e. The van der Waals surface area contributed by atoms with Gasteiger partial charge in [0.2, 0.25) is 0 Å². The monoisotopic (exact) mass is 309 g/mol. The molecule has 22 heavy (non-hydrogen) atoms. The molecule has 0 saturated carbocycles. The molecular weight excluding hydrogens is 286 g/mol. The Hall–Kier alpha value is -1.95. The van der Waals surface area contributed by atoms with Crippen LogP contribution in [0.5, 0.6) is 17.2 Å². The number of methoxy groups -OCH3 is 3. The largest absolute Gasteiger partial charge is 0.496 e. The Kier molecular flexibility index (Phi) is 5.89. The Morgan fingerprint density at radius 2 is 1.86 bits per heavy atom. The highest BCUT2D eigenvalue weighted by Crippen LogP contribution is 2.34. The minimum atomic E-state index is -0.184. The first-order chi connectivity index (χ1) is 10.7. The predicted octanol–water partition coefficient (Wildman–Crippen LogP) is 1.87. The van der Waals surface area contributed by atoms with Crippen LogP contribution >= 0.6 is 0 Å². The zero-order valence-corrected chi connectivity index (χ0v) is 13.3. The standard InChI is InChI=1S/C16H23NO5/c1-19-13-9-15(21-3)14(20-2)8-12(13)16(18)17-6-4-11-5-7-22-10-11/h8-9,11H,4-7,10H2,1-3H3,(H,17,18). The molecule has 1 heterocycles. The zero-order valence-electron chi connectivity index (χ0n) is 13.3. The lowest BCUT2D eigenvalue weighted by Crippen LogP contribution is -2.26. The van der Waals surface area contributed by atoms with E-state index in [0.29, 0.717) is 35.3 Å². The first-order valence-electron chi connectivity index (χ1n) is 7.35. The molecule has 6 heteroatoms. The summed E-state index contributed by atoms with van der Waals surface area (Å²) < 4.78 is 21.0. The van der Waals surface area contributed by atoms with Gasteiger partial charge in [0.05, 0.1) is 26.9 Å². The summed E-state index contributed by atoms with van der Waals surface area (Å²) in [4.78, 5) is 12.3. The van der Waals surface area contributed by atoms with Crippen molar-refractivity contribution in [1.29, 1.82) is 0 Å². The van der Waals surface area contributed by atoms with Crippen LogP contribution in [0.25, 0.3) is 0 Å². The van der Waals surface area contributed by atoms with E-state index in [0.717, 1.165) is 26.1 Å². The molecule has 1 aromatic carbocycles. The number of hydrogen-bond acceptors (Lipinski definition) is 5. The zero-order chi connectivity index (χ0) is 15.9. The lowest BCUT2D eigenvalue weighted by molar-refractivity contribution is 0.0947. The van der Waals surface area contributed by atoms with Crippen molar-refractivity contribution in [2.45, 2.75) is 12.8 Å². The van der Waals surface area contributed by atoms with Crippen LogP contribution in [0.2, 0.25) is 0 Å². The number of nitrogens with one attached hydrogen (secondary N) is 1. The summed E-state index contributed by atoms with van der Waals surface area (Å²) in [5, 5.41) is 2.92. The molecule has 1 unspecified atom stereocenters. The van der Waals surface area contributed by atoms with Gasteiger partial charge in [0, 0.05) is 31.9 Å². The van der Waals surface area contributed by atoms with Crippen LogP contribution in [0.1, 0.15) is 23.2 Å². The SMILES string of the molecule is COc1cc(OC)c(C(=O)NCCC2CCOC2)cc1OC. The number of rotatable bonds is 7. The predicted molar refractivity (Wildman–Crippen MR) is 82.0 cm³/mol. The molecule has 1 saturated heterocycles. The van der Waals surface area contributed by atoms with Gasteiger partial charge in [-0.3, -0.25) is 4.79 Å². The van der Waals surface area contributed by atoms with Crippen LogP contribution in [0, 0.1) is 5.92 Å². The Labute approximate surface area is 130 Å². The molecular formula is C16H23NO5. The molecule has 0 bridgehead atoms. The normalized spacial score (nSPS) is 17.1. The van der Waals surface area contributed by atoms with E-state index in [-0.39, 0.29) is 5.91 Å². The molecule has 0 radical (unpaired) electrons. The molecule has 1 N–H and O–H groups in total. The van der Waals surface area contributed by atoms with Crippen molar-refractivity contribution in [2.75, 3.05) is 41.1 Å². The quantitative estimate of drug-likeness (QED) is 0.833. The van der Waals surface area contributed by atoms with E-state index in [1.165, 1.54) is 14.2 Å². The molecule has 1 aliphatic rings. The molecule has 1 atom stereocenters. The van der Waals surface area contributed by atoms with Crippen molar-refractivity contribution >= 4 is 5.91 Å². The number of amides is 1. The van der Waals surface area contributed by atoms with Crippen molar-refractivity contribution in [3.63, 3.8) is 0 Å². The molecule has 1 aliphatic heterocycles. The van der Waals surface area contributed by atoms with Crippen LogP contribution < -0.4 is 19.5 Å². The summed E-state index contributed by atoms with van der Waals surface area (Å²) >= 11 is 0. The third-order valence-electron chi connectivity index (χ3n) is 3.81. The minimum Gasteiger partial charge on any atom is -0.496 e. The summed E-state index contributed by atoms with van der Waals surface area (Å²) in [5.74, 6) is 1.83. The van der Waals surface area contributed by atoms with Gasteiger partial charge in [-0.1, -0.05) is 0 Å². The van der Waals surface area contributed by atoms with E-state index in [4.69, 9.17) is 18.9 Å². The number of ether oxygens (including phenoxy) is 4. The molecule has 0 aliphatic carbocycles. The van der Waals surface area contributed by atoms with E-state index >= 15 is 0 Å². The maximum atomic E-state index is 12.3. The molecule has 2 rings (SSSR count). The lowest BCUT2D eigenvalue weighted by atomic mass is 10.1. The van der Waals surface area contributed by atoms with Crippen LogP contribution in [-0.4, -0.2) is 47.0 Å². The Morgan fingerprint density at radius 1 is 1.18 bits per heavy atom. The summed E-state index contributed by atoms with van der Waals surface area (Å²) in [7, 11) is 4.60. The second kappa shape index (κ2) is 7.89. The number of benzene rings is 1. The third-order valence-corrected chi connectivity index (χ3v) is 3.81. The second-order valence-corrected chi connectivity index (χ2v) is 5.18. The Balaban J connectivity index is 2.03. The van der Waals surface area contributed by atoms with E-state index < -0.39 is 0 Å². The fourth-order valence-corrected chi connectivity index (χ4v) is 2.50. The average molecular weight is 309 g/mol. The third kappa shape index (κ3) is 3.82. The fraction of sp³-hybridized carbons (Fsp3) is 0.562. The van der Waals surface area contributed by atoms with E-state index in [1.807, 2.05) is 0 Å². The van der Waals surface area contributed by atoms with Gasteiger partial charge in [0.15, 0.2) is 11.5 Å². The summed E-state index contributed by atoms with van der Waals surface area (Å²) in [6, 6.07) is 3.28. The highest BCUT2D eigenvalue weighted by molar-refractivity contribution is 5.97. The number of carbonyl (C=O) groups is 1. The second-order valence-electron chi connectivity index (χ2n) is 5.18. The van der Waals surface area contributed by atoms with Gasteiger partial charge in [-0.05, 0) is 18.8 Å². The molecule has 0 spiro atoms. The Morgan fingerprint density at radius 3 is 2.45 bits per heavy atom. The average Bonchev–Trinajstić information content (AvgIpc) is 3.06. The molecule has 1 amide bonds. The van der Waals surface area contributed by atoms with Crippen LogP contribution in [0.3, 0.4) is 0 Å². The van der Waals surface area contributed by atoms with Crippen molar-refractivity contribution in [1.82, 2.24) is 5.32 Å². The van der Waals surface area contributed by atoms with Gasteiger partial charge in [0.25, 0.3) is 5.91 Å². The highest BCUT2D eigenvalue weighted by Gasteiger charge is 2.19. The van der Waals surface area contributed by atoms with Crippen molar-refractivity contribution < 1.29 is 23.7 Å². The first-order valence-corrected chi connectivity index (χ1v) is 7.35. The number of hydrogen-bond donors (Lipinski definition) is 1. The molecule has 1 aromatic rings. The van der Waals surface area contributed by atoms with Gasteiger partial charge in [-0.15, -0.1) is 0 Å². The van der Waals surface area contributed by atoms with E-state index in [1.54, 1.807) is 19.2 Å². The summed E-state index contributed by atoms with van der Waals surface area (Å²) in [6.45, 7) is 2.22. The smallest absolute Gasteiger partial charge is 0.255 e. The van der Waals surface area contributed by atoms with Crippen LogP contribution in [0.15, 0.2) is 12.1 Å². The van der Waals surface area contributed by atoms with Gasteiger partial charge in [-0.2, -0.15) is 0 Å². The van der Waals surface area contributed by atoms with Gasteiger partial charge in [-0.25, -0.2) is 0 Å². The summed E-state index contributed by atoms with van der Waals surface area (Å²) in [5.41, 5.74) is 0.433. The van der Waals surface area contributed by atoms with Crippen LogP contribution in [-0.2, 0) is 4.74 Å². The molecule has 122 valence electrons. The number of carbonyl (C=O) groups excluding carboxylic acids is 1. The summed E-state index contributed by atoms with van der Waals surface area (Å²) in [6.07, 6.45) is 1.98. The van der Waals surface area contributed by atoms with Gasteiger partial charge < -0.3 is 24.3 Å². The lowest BCUT2D eigenvalue weighted by Gasteiger charge is -2.14. The van der Waals surface area contributed by atoms with Crippen molar-refractivity contribution in [2.24, 2.45) is 5.92 Å².